The van der Waals surface area contributed by atoms with Crippen LogP contribution in [0.4, 0.5) is 0 Å². The zero-order valence-electron chi connectivity index (χ0n) is 10.8. The van der Waals surface area contributed by atoms with Gasteiger partial charge in [0, 0.05) is 12.8 Å². The van der Waals surface area contributed by atoms with Crippen LogP contribution in [0.5, 0.6) is 0 Å². The molecule has 0 radical (unpaired) electrons. The number of hydrogen-bond acceptors (Lipinski definition) is 1. The first kappa shape index (κ1) is 12.7. The molecule has 0 heterocycles. The summed E-state index contributed by atoms with van der Waals surface area (Å²) in [6.07, 6.45) is 6.68. The lowest BCUT2D eigenvalue weighted by molar-refractivity contribution is -0.119. The van der Waals surface area contributed by atoms with Gasteiger partial charge >= 0.3 is 0 Å². The first-order valence-electron chi connectivity index (χ1n) is 6.49. The first-order chi connectivity index (χ1) is 6.97. The van der Waals surface area contributed by atoms with E-state index >= 15 is 0 Å². The lowest BCUT2D eigenvalue weighted by atomic mass is 9.62. The highest BCUT2D eigenvalue weighted by atomic mass is 16.1. The van der Waals surface area contributed by atoms with Crippen LogP contribution in [0.25, 0.3) is 0 Å². The van der Waals surface area contributed by atoms with Crippen molar-refractivity contribution in [2.75, 3.05) is 0 Å². The number of carbonyl (C=O) groups is 1. The largest absolute Gasteiger partial charge is 0.300 e. The molecule has 0 aromatic heterocycles. The Labute approximate surface area is 94.6 Å². The van der Waals surface area contributed by atoms with Gasteiger partial charge in [-0.2, -0.15) is 0 Å². The number of carbonyl (C=O) groups excluding carboxylic acids is 1. The number of Topliss-reactive ketones (excluding diaryl/α,β-unsaturated/α-hetero) is 1. The van der Waals surface area contributed by atoms with Gasteiger partial charge in [0.15, 0.2) is 0 Å². The van der Waals surface area contributed by atoms with Crippen molar-refractivity contribution in [3.05, 3.63) is 0 Å². The van der Waals surface area contributed by atoms with Crippen molar-refractivity contribution in [1.82, 2.24) is 0 Å². The van der Waals surface area contributed by atoms with E-state index in [1.165, 1.54) is 19.3 Å². The van der Waals surface area contributed by atoms with Crippen molar-refractivity contribution >= 4 is 5.78 Å². The molecule has 0 aliphatic heterocycles. The quantitative estimate of drug-likeness (QED) is 0.679. The predicted octanol–water partition coefficient (Wildman–Crippen LogP) is 4.21. The fourth-order valence-corrected chi connectivity index (χ4v) is 3.20. The molecule has 0 saturated heterocycles. The third kappa shape index (κ3) is 3.32. The van der Waals surface area contributed by atoms with Crippen LogP contribution in [-0.4, -0.2) is 5.78 Å². The molecule has 1 aliphatic carbocycles. The molecule has 1 heteroatoms. The molecule has 0 bridgehead atoms. The summed E-state index contributed by atoms with van der Waals surface area (Å²) in [6.45, 7) is 9.09. The summed E-state index contributed by atoms with van der Waals surface area (Å²) < 4.78 is 0. The Morgan fingerprint density at radius 2 is 2.07 bits per heavy atom. The van der Waals surface area contributed by atoms with Gasteiger partial charge < -0.3 is 0 Å². The van der Waals surface area contributed by atoms with Crippen LogP contribution in [-0.2, 0) is 4.79 Å². The van der Waals surface area contributed by atoms with Crippen LogP contribution in [0.1, 0.15) is 66.2 Å². The lowest BCUT2D eigenvalue weighted by Crippen LogP contribution is -2.33. The van der Waals surface area contributed by atoms with Gasteiger partial charge in [0.05, 0.1) is 0 Å². The highest BCUT2D eigenvalue weighted by Crippen LogP contribution is 2.46. The molecule has 1 saturated carbocycles. The topological polar surface area (TPSA) is 17.1 Å². The molecular formula is C14H26O. The zero-order chi connectivity index (χ0) is 11.5. The fraction of sp³-hybridized carbons (Fsp3) is 0.929. The highest BCUT2D eigenvalue weighted by molar-refractivity contribution is 5.77. The van der Waals surface area contributed by atoms with Gasteiger partial charge in [0.25, 0.3) is 0 Å². The average Bonchev–Trinajstić information content (AvgIpc) is 2.15. The highest BCUT2D eigenvalue weighted by Gasteiger charge is 2.36. The Balaban J connectivity index is 2.52. The molecular weight excluding hydrogens is 184 g/mol. The molecule has 1 nitrogen and oxygen atoms in total. The Morgan fingerprint density at radius 3 is 2.60 bits per heavy atom. The maximum absolute atomic E-state index is 11.4. The molecule has 88 valence electrons. The van der Waals surface area contributed by atoms with Gasteiger partial charge in [0.1, 0.15) is 5.78 Å². The van der Waals surface area contributed by atoms with E-state index in [-0.39, 0.29) is 0 Å². The van der Waals surface area contributed by atoms with Crippen molar-refractivity contribution in [2.45, 2.75) is 66.2 Å². The monoisotopic (exact) mass is 210 g/mol. The number of hydrogen-bond donors (Lipinski definition) is 0. The summed E-state index contributed by atoms with van der Waals surface area (Å²) in [6, 6.07) is 0. The van der Waals surface area contributed by atoms with Crippen molar-refractivity contribution in [2.24, 2.45) is 17.3 Å². The Morgan fingerprint density at radius 1 is 1.40 bits per heavy atom. The summed E-state index contributed by atoms with van der Waals surface area (Å²) in [7, 11) is 0. The second kappa shape index (κ2) is 5.14. The predicted molar refractivity (Wildman–Crippen MR) is 64.8 cm³/mol. The van der Waals surface area contributed by atoms with Gasteiger partial charge in [-0.05, 0) is 30.1 Å². The standard InChI is InChI=1S/C14H26O/c1-5-12(15)8-9-13-11(2)7-6-10-14(13,3)4/h11,13H,5-10H2,1-4H3. The van der Waals surface area contributed by atoms with Crippen LogP contribution in [0, 0.1) is 17.3 Å². The van der Waals surface area contributed by atoms with Crippen molar-refractivity contribution < 1.29 is 4.79 Å². The van der Waals surface area contributed by atoms with E-state index < -0.39 is 0 Å². The summed E-state index contributed by atoms with van der Waals surface area (Å²) in [4.78, 5) is 11.4. The van der Waals surface area contributed by atoms with Gasteiger partial charge in [-0.3, -0.25) is 4.79 Å². The maximum atomic E-state index is 11.4. The van der Waals surface area contributed by atoms with Crippen LogP contribution in [0.3, 0.4) is 0 Å². The van der Waals surface area contributed by atoms with Gasteiger partial charge in [-0.25, -0.2) is 0 Å². The Kier molecular flexibility index (Phi) is 4.36. The summed E-state index contributed by atoms with van der Waals surface area (Å²) in [5.41, 5.74) is 0.450. The van der Waals surface area contributed by atoms with E-state index in [0.29, 0.717) is 17.6 Å². The van der Waals surface area contributed by atoms with E-state index in [9.17, 15) is 4.79 Å². The lowest BCUT2D eigenvalue weighted by Gasteiger charge is -2.43. The average molecular weight is 210 g/mol. The maximum Gasteiger partial charge on any atom is 0.132 e. The zero-order valence-corrected chi connectivity index (χ0v) is 10.8. The molecule has 1 rings (SSSR count). The van der Waals surface area contributed by atoms with E-state index in [1.807, 2.05) is 6.92 Å². The summed E-state index contributed by atoms with van der Waals surface area (Å²) in [5.74, 6) is 1.99. The first-order valence-corrected chi connectivity index (χ1v) is 6.49. The number of ketones is 1. The van der Waals surface area contributed by atoms with Gasteiger partial charge in [0.2, 0.25) is 0 Å². The normalized spacial score (nSPS) is 30.1. The van der Waals surface area contributed by atoms with Crippen molar-refractivity contribution in [3.8, 4) is 0 Å². The van der Waals surface area contributed by atoms with E-state index in [0.717, 1.165) is 24.7 Å². The van der Waals surface area contributed by atoms with E-state index in [2.05, 4.69) is 20.8 Å². The second-order valence-corrected chi connectivity index (χ2v) is 5.90. The molecule has 0 aromatic carbocycles. The minimum Gasteiger partial charge on any atom is -0.300 e. The minimum absolute atomic E-state index is 0.434. The van der Waals surface area contributed by atoms with Crippen LogP contribution < -0.4 is 0 Å². The van der Waals surface area contributed by atoms with Crippen LogP contribution in [0.2, 0.25) is 0 Å². The molecule has 2 unspecified atom stereocenters. The van der Waals surface area contributed by atoms with Gasteiger partial charge in [-0.1, -0.05) is 40.5 Å². The smallest absolute Gasteiger partial charge is 0.132 e. The van der Waals surface area contributed by atoms with Crippen LogP contribution in [0.15, 0.2) is 0 Å². The van der Waals surface area contributed by atoms with Crippen LogP contribution >= 0.6 is 0 Å². The van der Waals surface area contributed by atoms with E-state index in [1.54, 1.807) is 0 Å². The Hall–Kier alpha value is -0.330. The van der Waals surface area contributed by atoms with Crippen molar-refractivity contribution in [3.63, 3.8) is 0 Å². The molecule has 0 amide bonds. The minimum atomic E-state index is 0.434. The van der Waals surface area contributed by atoms with E-state index in [4.69, 9.17) is 0 Å². The molecule has 0 spiro atoms. The molecule has 0 N–H and O–H groups in total. The Bertz CT molecular complexity index is 217. The summed E-state index contributed by atoms with van der Waals surface area (Å²) >= 11 is 0. The third-order valence-electron chi connectivity index (χ3n) is 4.30. The third-order valence-corrected chi connectivity index (χ3v) is 4.30. The van der Waals surface area contributed by atoms with Gasteiger partial charge in [-0.15, -0.1) is 0 Å². The molecule has 1 fully saturated rings. The molecule has 0 aromatic rings. The fourth-order valence-electron chi connectivity index (χ4n) is 3.20. The second-order valence-electron chi connectivity index (χ2n) is 5.90. The number of rotatable bonds is 4. The summed E-state index contributed by atoms with van der Waals surface area (Å²) in [5, 5.41) is 0. The molecule has 2 atom stereocenters. The van der Waals surface area contributed by atoms with Crippen molar-refractivity contribution in [1.29, 1.82) is 0 Å². The molecule has 1 aliphatic rings. The molecule has 15 heavy (non-hydrogen) atoms. The SMILES string of the molecule is CCC(=O)CCC1C(C)CCCC1(C)C.